The Balaban J connectivity index is 2.75. The first kappa shape index (κ1) is 9.52. The van der Waals surface area contributed by atoms with Crippen molar-refractivity contribution in [1.29, 1.82) is 0 Å². The molecule has 0 aliphatic heterocycles. The van der Waals surface area contributed by atoms with Crippen LogP contribution in [0.25, 0.3) is 10.9 Å². The van der Waals surface area contributed by atoms with Crippen LogP contribution < -0.4 is 0 Å². The van der Waals surface area contributed by atoms with Crippen LogP contribution in [0.2, 0.25) is 0 Å². The number of hydrogen-bond acceptors (Lipinski definition) is 1. The lowest BCUT2D eigenvalue weighted by Gasteiger charge is -2.05. The van der Waals surface area contributed by atoms with E-state index in [1.807, 2.05) is 6.07 Å². The summed E-state index contributed by atoms with van der Waals surface area (Å²) in [5.74, 6) is 0. The van der Waals surface area contributed by atoms with Crippen molar-refractivity contribution in [3.8, 4) is 0 Å². The van der Waals surface area contributed by atoms with Crippen LogP contribution in [-0.4, -0.2) is 4.98 Å². The normalized spacial score (nSPS) is 11.1. The lowest BCUT2D eigenvalue weighted by molar-refractivity contribution is 0.150. The summed E-state index contributed by atoms with van der Waals surface area (Å²) >= 11 is 3.16. The lowest BCUT2D eigenvalue weighted by atomic mass is 10.2. The number of halogens is 3. The van der Waals surface area contributed by atoms with E-state index in [9.17, 15) is 8.78 Å². The Hall–Kier alpha value is -1.03. The summed E-state index contributed by atoms with van der Waals surface area (Å²) in [5.41, 5.74) is 0.646. The zero-order valence-electron chi connectivity index (χ0n) is 7.05. The highest BCUT2D eigenvalue weighted by Crippen LogP contribution is 2.31. The first-order valence-electron chi connectivity index (χ1n) is 4.01. The van der Waals surface area contributed by atoms with Gasteiger partial charge in [0.2, 0.25) is 0 Å². The van der Waals surface area contributed by atoms with Crippen LogP contribution in [0, 0.1) is 0 Å². The van der Waals surface area contributed by atoms with Crippen LogP contribution in [-0.2, 0) is 0 Å². The molecule has 4 heteroatoms. The summed E-state index contributed by atoms with van der Waals surface area (Å²) in [5, 5.41) is 0.713. The molecule has 2 aromatic rings. The number of alkyl halides is 2. The van der Waals surface area contributed by atoms with E-state index in [4.69, 9.17) is 0 Å². The van der Waals surface area contributed by atoms with Crippen molar-refractivity contribution in [1.82, 2.24) is 4.98 Å². The highest BCUT2D eigenvalue weighted by Gasteiger charge is 2.13. The van der Waals surface area contributed by atoms with Crippen LogP contribution in [0.15, 0.2) is 34.9 Å². The van der Waals surface area contributed by atoms with Crippen molar-refractivity contribution in [3.63, 3.8) is 0 Å². The van der Waals surface area contributed by atoms with E-state index >= 15 is 0 Å². The van der Waals surface area contributed by atoms with E-state index in [1.54, 1.807) is 18.2 Å². The minimum absolute atomic E-state index is 0.0660. The minimum atomic E-state index is -2.50. The molecule has 0 aliphatic rings. The Morgan fingerprint density at radius 2 is 1.93 bits per heavy atom. The summed E-state index contributed by atoms with van der Waals surface area (Å²) in [6.07, 6.45) is -1.29. The summed E-state index contributed by atoms with van der Waals surface area (Å²) in [4.78, 5) is 3.95. The lowest BCUT2D eigenvalue weighted by Crippen LogP contribution is -1.90. The van der Waals surface area contributed by atoms with Crippen LogP contribution in [0.5, 0.6) is 0 Å². The number of aromatic nitrogens is 1. The van der Waals surface area contributed by atoms with Gasteiger partial charge in [-0.1, -0.05) is 18.2 Å². The zero-order chi connectivity index (χ0) is 10.1. The third-order valence-corrected chi connectivity index (χ3v) is 2.86. The van der Waals surface area contributed by atoms with Crippen LogP contribution in [0.3, 0.4) is 0 Å². The van der Waals surface area contributed by atoms with E-state index in [1.165, 1.54) is 6.20 Å². The molecule has 0 unspecified atom stereocenters. The number of para-hydroxylation sites is 1. The van der Waals surface area contributed by atoms with Gasteiger partial charge in [-0.2, -0.15) is 0 Å². The van der Waals surface area contributed by atoms with Crippen molar-refractivity contribution >= 4 is 26.8 Å². The standard InChI is InChI=1S/C10H6BrF2N/c11-9-6-3-1-2-4-8(6)14-5-7(9)10(12)13/h1-5,10H. The number of rotatable bonds is 1. The summed E-state index contributed by atoms with van der Waals surface area (Å²) in [6, 6.07) is 7.17. The van der Waals surface area contributed by atoms with Gasteiger partial charge in [0.1, 0.15) is 0 Å². The molecule has 0 spiro atoms. The largest absolute Gasteiger partial charge is 0.266 e. The van der Waals surface area contributed by atoms with Crippen molar-refractivity contribution in [2.75, 3.05) is 0 Å². The molecule has 0 amide bonds. The van der Waals surface area contributed by atoms with Gasteiger partial charge in [-0.15, -0.1) is 0 Å². The van der Waals surface area contributed by atoms with Crippen LogP contribution >= 0.6 is 15.9 Å². The Morgan fingerprint density at radius 3 is 2.64 bits per heavy atom. The fourth-order valence-electron chi connectivity index (χ4n) is 1.28. The number of nitrogens with zero attached hydrogens (tertiary/aromatic N) is 1. The molecule has 0 bridgehead atoms. The molecule has 0 saturated carbocycles. The molecule has 0 fully saturated rings. The van der Waals surface area contributed by atoms with Crippen molar-refractivity contribution < 1.29 is 8.78 Å². The second kappa shape index (κ2) is 3.61. The smallest absolute Gasteiger partial charge is 0.256 e. The number of fused-ring (bicyclic) bond motifs is 1. The van der Waals surface area contributed by atoms with E-state index < -0.39 is 6.43 Å². The van der Waals surface area contributed by atoms with E-state index in [2.05, 4.69) is 20.9 Å². The van der Waals surface area contributed by atoms with Crippen LogP contribution in [0.1, 0.15) is 12.0 Å². The molecule has 2 rings (SSSR count). The van der Waals surface area contributed by atoms with Gasteiger partial charge in [0.25, 0.3) is 6.43 Å². The molecule has 0 atom stereocenters. The molecule has 1 nitrogen and oxygen atoms in total. The average molecular weight is 258 g/mol. The van der Waals surface area contributed by atoms with E-state index in [-0.39, 0.29) is 5.56 Å². The molecule has 14 heavy (non-hydrogen) atoms. The van der Waals surface area contributed by atoms with Gasteiger partial charge < -0.3 is 0 Å². The Kier molecular flexibility index (Phi) is 2.46. The van der Waals surface area contributed by atoms with Gasteiger partial charge in [0.05, 0.1) is 11.1 Å². The molecular formula is C10H6BrF2N. The van der Waals surface area contributed by atoms with Gasteiger partial charge >= 0.3 is 0 Å². The van der Waals surface area contributed by atoms with E-state index in [0.717, 1.165) is 0 Å². The number of hydrogen-bond donors (Lipinski definition) is 0. The quantitative estimate of drug-likeness (QED) is 0.755. The summed E-state index contributed by atoms with van der Waals surface area (Å²) in [6.45, 7) is 0. The summed E-state index contributed by atoms with van der Waals surface area (Å²) in [7, 11) is 0. The van der Waals surface area contributed by atoms with E-state index in [0.29, 0.717) is 15.4 Å². The highest BCUT2D eigenvalue weighted by atomic mass is 79.9. The van der Waals surface area contributed by atoms with Gasteiger partial charge in [-0.3, -0.25) is 4.98 Å². The van der Waals surface area contributed by atoms with Gasteiger partial charge in [0.15, 0.2) is 0 Å². The predicted octanol–water partition coefficient (Wildman–Crippen LogP) is 3.93. The molecule has 1 aromatic carbocycles. The molecule has 0 aliphatic carbocycles. The second-order valence-electron chi connectivity index (χ2n) is 2.85. The third kappa shape index (κ3) is 1.50. The van der Waals surface area contributed by atoms with Crippen LogP contribution in [0.4, 0.5) is 8.78 Å². The Bertz CT molecular complexity index is 471. The molecule has 1 aromatic heterocycles. The second-order valence-corrected chi connectivity index (χ2v) is 3.64. The monoisotopic (exact) mass is 257 g/mol. The Labute approximate surface area is 87.9 Å². The SMILES string of the molecule is FC(F)c1cnc2ccccc2c1Br. The molecule has 72 valence electrons. The molecular weight excluding hydrogens is 252 g/mol. The minimum Gasteiger partial charge on any atom is -0.256 e. The highest BCUT2D eigenvalue weighted by molar-refractivity contribution is 9.10. The fourth-order valence-corrected chi connectivity index (χ4v) is 1.89. The van der Waals surface area contributed by atoms with Gasteiger partial charge in [-0.05, 0) is 22.0 Å². The van der Waals surface area contributed by atoms with Crippen molar-refractivity contribution in [3.05, 3.63) is 40.5 Å². The maximum Gasteiger partial charge on any atom is 0.266 e. The van der Waals surface area contributed by atoms with Crippen molar-refractivity contribution in [2.45, 2.75) is 6.43 Å². The first-order chi connectivity index (χ1) is 6.70. The van der Waals surface area contributed by atoms with Crippen molar-refractivity contribution in [2.24, 2.45) is 0 Å². The molecule has 0 N–H and O–H groups in total. The first-order valence-corrected chi connectivity index (χ1v) is 4.80. The van der Waals surface area contributed by atoms with Gasteiger partial charge in [0, 0.05) is 16.1 Å². The molecule has 1 heterocycles. The average Bonchev–Trinajstić information content (AvgIpc) is 2.18. The maximum atomic E-state index is 12.5. The van der Waals surface area contributed by atoms with Gasteiger partial charge in [-0.25, -0.2) is 8.78 Å². The fraction of sp³-hybridized carbons (Fsp3) is 0.100. The zero-order valence-corrected chi connectivity index (χ0v) is 8.63. The predicted molar refractivity (Wildman–Crippen MR) is 54.4 cm³/mol. The number of pyridine rings is 1. The Morgan fingerprint density at radius 1 is 1.21 bits per heavy atom. The topological polar surface area (TPSA) is 12.9 Å². The number of benzene rings is 1. The third-order valence-electron chi connectivity index (χ3n) is 1.97. The maximum absolute atomic E-state index is 12.5. The summed E-state index contributed by atoms with van der Waals surface area (Å²) < 4.78 is 25.4. The molecule has 0 radical (unpaired) electrons. The molecule has 0 saturated heterocycles.